The summed E-state index contributed by atoms with van der Waals surface area (Å²) in [5, 5.41) is 4.59. The van der Waals surface area contributed by atoms with Gasteiger partial charge < -0.3 is 114 Å². The average Bonchev–Trinajstić information content (AvgIpc) is 1.62. The minimum Gasteiger partial charge on any atom is -0.491 e. The van der Waals surface area contributed by atoms with Gasteiger partial charge in [-0.05, 0) is 183 Å². The van der Waals surface area contributed by atoms with Crippen LogP contribution in [0.4, 0.5) is 0 Å². The molecule has 133 heavy (non-hydrogen) atoms. The standard InChI is InChI=1S/C20H18O6.C19H20O4.2C18H18O4.2C16H16O4/c21-19(25-11-17-9-23-17)15-5-1-13(2-6-15)14-3-7-16(8-4-14)20(22)26-12-18-10-24-18;1-5-16(20-10-18-12-22-18)6-2-14(1)9-15-3-7-17(8-4-15)21-11-19-13-23-19;1-5-15(19-9-17-11-21-17)6-2-13(1)14-3-7-16(8-4-14)20-10-18-12-22-18;1-3-7-17(21-11-13-9-19-13)15(5-1)16-6-2-4-8-18(16)22-12-14-10-20-14;1-3-13(17-7-15-9-19-15)6-12-2-4-14(5-11(1)12)18-8-16-10-20-16;1-2-4-12-6-16(20-10-14-8-18-14)15(5-11(12)3-1)19-9-13-7-17-13/h1-8,17-18H,9-12H2;1-8,18-19H,9-13H2;1-8,17-18H,9-12H2;1-8,13-14H,9-12H2;1-6,15-16H,7-10H2;1-6,13-14H,7-10H2. The molecule has 0 saturated carbocycles. The first kappa shape index (κ1) is 89.8. The Bertz CT molecular complexity index is 5380. The predicted molar refractivity (Wildman–Crippen MR) is 492 cm³/mol. The molecule has 0 aliphatic carbocycles. The normalized spacial score (nSPS) is 22.2. The molecule has 24 rings (SSSR count). The molecule has 12 unspecified atom stereocenters. The molecule has 12 fully saturated rings. The first-order valence-electron chi connectivity index (χ1n) is 45.4. The quantitative estimate of drug-likeness (QED) is 0.0254. The molecule has 0 amide bonds. The van der Waals surface area contributed by atoms with E-state index in [1.165, 1.54) is 11.1 Å². The molecule has 26 nitrogen and oxygen atoms in total. The molecule has 12 aliphatic rings. The van der Waals surface area contributed by atoms with E-state index in [1.807, 2.05) is 158 Å². The van der Waals surface area contributed by atoms with Crippen LogP contribution in [0.5, 0.6) is 57.5 Å². The van der Waals surface area contributed by atoms with Crippen LogP contribution in [0.2, 0.25) is 0 Å². The number of ether oxygens (including phenoxy) is 24. The fourth-order valence-corrected chi connectivity index (χ4v) is 13.5. The summed E-state index contributed by atoms with van der Waals surface area (Å²) >= 11 is 0. The van der Waals surface area contributed by atoms with Crippen LogP contribution in [-0.4, -0.2) is 244 Å². The minimum atomic E-state index is -0.357. The van der Waals surface area contributed by atoms with Gasteiger partial charge in [0.2, 0.25) is 0 Å². The SMILES string of the molecule is O=C(OCC1CO1)c1ccc(-c2ccc(C(=O)OCC3CO3)cc2)cc1.c1cc(-c2ccc(OCC3CO3)cc2)ccc1OCC1CO1.c1cc(OCC2CO2)ccc1Cc1ccc(OCC2CO2)cc1.c1cc2cc(OCC3CO3)ccc2cc1OCC1CO1.c1ccc(-c2ccccc2OCC2CO2)c(OCC2CO2)c1.c1ccc2cc(OCC3CO3)c(OCC3CO3)cc2c1. The van der Waals surface area contributed by atoms with Gasteiger partial charge in [-0.3, -0.25) is 0 Å². The molecule has 690 valence electrons. The molecular formula is C107H106O26. The number of hydrogen-bond donors (Lipinski definition) is 0. The van der Waals surface area contributed by atoms with Gasteiger partial charge in [-0.2, -0.15) is 0 Å². The van der Waals surface area contributed by atoms with Gasteiger partial charge in [0.05, 0.1) is 90.4 Å². The third kappa shape index (κ3) is 30.1. The van der Waals surface area contributed by atoms with Crippen LogP contribution in [0.15, 0.2) is 267 Å². The molecule has 0 spiro atoms. The summed E-state index contributed by atoms with van der Waals surface area (Å²) in [5.74, 6) is 7.88. The zero-order valence-corrected chi connectivity index (χ0v) is 73.6. The second-order valence-electron chi connectivity index (χ2n) is 33.7. The highest BCUT2D eigenvalue weighted by atomic mass is 16.7. The smallest absolute Gasteiger partial charge is 0.338 e. The molecule has 0 N–H and O–H groups in total. The maximum Gasteiger partial charge on any atom is 0.338 e. The fraction of sp³-hybridized carbons (Fsp3) is 0.346. The molecule has 12 atom stereocenters. The van der Waals surface area contributed by atoms with Gasteiger partial charge in [-0.1, -0.05) is 146 Å². The van der Waals surface area contributed by atoms with E-state index in [-0.39, 0.29) is 73.0 Å². The predicted octanol–water partition coefficient (Wildman–Crippen LogP) is 15.9. The maximum absolute atomic E-state index is 11.9. The van der Waals surface area contributed by atoms with Crippen molar-refractivity contribution in [3.8, 4) is 90.9 Å². The zero-order chi connectivity index (χ0) is 89.7. The highest BCUT2D eigenvalue weighted by molar-refractivity contribution is 5.92. The van der Waals surface area contributed by atoms with Crippen molar-refractivity contribution in [1.29, 1.82) is 0 Å². The van der Waals surface area contributed by atoms with Gasteiger partial charge in [0.15, 0.2) is 11.5 Å². The number of hydrogen-bond acceptors (Lipinski definition) is 26. The Morgan fingerprint density at radius 2 is 0.429 bits per heavy atom. The number of esters is 2. The van der Waals surface area contributed by atoms with E-state index in [0.29, 0.717) is 116 Å². The van der Waals surface area contributed by atoms with Gasteiger partial charge in [-0.25, -0.2) is 9.59 Å². The van der Waals surface area contributed by atoms with Gasteiger partial charge >= 0.3 is 11.9 Å². The third-order valence-corrected chi connectivity index (χ3v) is 22.5. The molecule has 26 heteroatoms. The summed E-state index contributed by atoms with van der Waals surface area (Å²) in [5.41, 5.74) is 9.80. The van der Waals surface area contributed by atoms with Crippen molar-refractivity contribution < 1.29 is 123 Å². The van der Waals surface area contributed by atoms with Crippen molar-refractivity contribution in [1.82, 2.24) is 0 Å². The van der Waals surface area contributed by atoms with E-state index in [9.17, 15) is 9.59 Å². The Balaban J connectivity index is 0.000000103. The number of carbonyl (C=O) groups excluding carboxylic acids is 2. The molecule has 12 heterocycles. The van der Waals surface area contributed by atoms with E-state index in [0.717, 1.165) is 185 Å². The fourth-order valence-electron chi connectivity index (χ4n) is 13.5. The Labute approximate surface area is 771 Å². The van der Waals surface area contributed by atoms with Crippen LogP contribution in [0.3, 0.4) is 0 Å². The summed E-state index contributed by atoms with van der Waals surface area (Å²) in [4.78, 5) is 23.8. The average molecular weight is 1810 g/mol. The summed E-state index contributed by atoms with van der Waals surface area (Å²) in [6.45, 7) is 16.2. The summed E-state index contributed by atoms with van der Waals surface area (Å²) < 4.78 is 129. The van der Waals surface area contributed by atoms with Gasteiger partial charge in [-0.15, -0.1) is 0 Å². The van der Waals surface area contributed by atoms with Crippen molar-refractivity contribution >= 4 is 33.5 Å². The Morgan fingerprint density at radius 3 is 0.714 bits per heavy atom. The molecule has 0 aromatic heterocycles. The maximum atomic E-state index is 11.9. The van der Waals surface area contributed by atoms with Crippen molar-refractivity contribution in [2.24, 2.45) is 0 Å². The molecule has 0 radical (unpaired) electrons. The number of carbonyl (C=O) groups is 2. The monoisotopic (exact) mass is 1810 g/mol. The lowest BCUT2D eigenvalue weighted by molar-refractivity contribution is 0.0468. The van der Waals surface area contributed by atoms with Crippen LogP contribution in [0.25, 0.3) is 54.9 Å². The van der Waals surface area contributed by atoms with Crippen LogP contribution >= 0.6 is 0 Å². The third-order valence-electron chi connectivity index (χ3n) is 22.5. The lowest BCUT2D eigenvalue weighted by Crippen LogP contribution is -2.10. The molecule has 12 aliphatic heterocycles. The summed E-state index contributed by atoms with van der Waals surface area (Å²) in [6, 6.07) is 87.5. The van der Waals surface area contributed by atoms with Crippen LogP contribution < -0.4 is 47.4 Å². The highest BCUT2D eigenvalue weighted by Gasteiger charge is 2.32. The highest BCUT2D eigenvalue weighted by Crippen LogP contribution is 2.39. The second-order valence-corrected chi connectivity index (χ2v) is 33.7. The van der Waals surface area contributed by atoms with Crippen molar-refractivity contribution in [3.63, 3.8) is 0 Å². The van der Waals surface area contributed by atoms with Gasteiger partial charge in [0, 0.05) is 11.1 Å². The van der Waals surface area contributed by atoms with Crippen LogP contribution in [0, 0.1) is 0 Å². The molecule has 12 saturated heterocycles. The van der Waals surface area contributed by atoms with Crippen molar-refractivity contribution in [3.05, 3.63) is 289 Å². The number of rotatable bonds is 41. The number of para-hydroxylation sites is 2. The summed E-state index contributed by atoms with van der Waals surface area (Å²) in [6.07, 6.45) is 3.70. The lowest BCUT2D eigenvalue weighted by Gasteiger charge is -2.14. The Hall–Kier alpha value is -12.4. The molecule has 0 bridgehead atoms. The first-order chi connectivity index (χ1) is 65.5. The van der Waals surface area contributed by atoms with Crippen molar-refractivity contribution in [2.75, 3.05) is 159 Å². The van der Waals surface area contributed by atoms with Crippen molar-refractivity contribution in [2.45, 2.75) is 79.7 Å². The van der Waals surface area contributed by atoms with E-state index in [2.05, 4.69) is 84.9 Å². The van der Waals surface area contributed by atoms with E-state index >= 15 is 0 Å². The van der Waals surface area contributed by atoms with E-state index in [4.69, 9.17) is 114 Å². The largest absolute Gasteiger partial charge is 0.491 e. The number of epoxide rings is 12. The zero-order valence-electron chi connectivity index (χ0n) is 73.6. The van der Waals surface area contributed by atoms with Crippen LogP contribution in [-0.2, 0) is 72.7 Å². The van der Waals surface area contributed by atoms with Gasteiger partial charge in [0.25, 0.3) is 0 Å². The number of fused-ring (bicyclic) bond motifs is 2. The van der Waals surface area contributed by atoms with Gasteiger partial charge in [0.1, 0.15) is 199 Å². The molecule has 12 aromatic rings. The first-order valence-corrected chi connectivity index (χ1v) is 45.4. The lowest BCUT2D eigenvalue weighted by atomic mass is 10.0. The van der Waals surface area contributed by atoms with Crippen LogP contribution in [0.1, 0.15) is 31.8 Å². The second kappa shape index (κ2) is 44.4. The summed E-state index contributed by atoms with van der Waals surface area (Å²) in [7, 11) is 0. The molecular weight excluding hydrogens is 1700 g/mol. The Morgan fingerprint density at radius 1 is 0.211 bits per heavy atom. The number of benzene rings is 12. The molecule has 12 aromatic carbocycles. The topological polar surface area (TPSA) is 295 Å². The Kier molecular flexibility index (Phi) is 30.0. The van der Waals surface area contributed by atoms with E-state index < -0.39 is 0 Å². The minimum absolute atomic E-state index is 0.0558. The van der Waals surface area contributed by atoms with E-state index in [1.54, 1.807) is 24.3 Å².